The zero-order valence-electron chi connectivity index (χ0n) is 14.9. The lowest BCUT2D eigenvalue weighted by Crippen LogP contribution is -2.13. The first-order chi connectivity index (χ1) is 13.3. The number of hydrogen-bond acceptors (Lipinski definition) is 6. The van der Waals surface area contributed by atoms with Crippen LogP contribution in [0.15, 0.2) is 70.3 Å². The molecule has 0 amide bonds. The van der Waals surface area contributed by atoms with Crippen LogP contribution >= 0.6 is 23.1 Å². The van der Waals surface area contributed by atoms with Crippen molar-refractivity contribution in [2.24, 2.45) is 0 Å². The maximum Gasteiger partial charge on any atom is 0.261 e. The van der Waals surface area contributed by atoms with Crippen LogP contribution in [0.5, 0.6) is 0 Å². The largest absolute Gasteiger partial charge is 0.293 e. The summed E-state index contributed by atoms with van der Waals surface area (Å²) in [5, 5.41) is 3.87. The van der Waals surface area contributed by atoms with Gasteiger partial charge in [0, 0.05) is 18.2 Å². The van der Waals surface area contributed by atoms with Gasteiger partial charge in [-0.1, -0.05) is 36.0 Å². The molecule has 1 aromatic heterocycles. The Morgan fingerprint density at radius 3 is 2.21 bits per heavy atom. The van der Waals surface area contributed by atoms with Crippen molar-refractivity contribution in [3.05, 3.63) is 70.9 Å². The van der Waals surface area contributed by atoms with Crippen molar-refractivity contribution in [3.63, 3.8) is 0 Å². The highest BCUT2D eigenvalue weighted by atomic mass is 32.2. The second kappa shape index (κ2) is 8.72. The molecular weight excluding hydrogens is 414 g/mol. The summed E-state index contributed by atoms with van der Waals surface area (Å²) in [6.45, 7) is 1.40. The summed E-state index contributed by atoms with van der Waals surface area (Å²) in [4.78, 5) is 23.0. The molecule has 8 heteroatoms. The Balaban J connectivity index is 1.70. The molecule has 0 aliphatic carbocycles. The highest BCUT2D eigenvalue weighted by molar-refractivity contribution is 8.14. The summed E-state index contributed by atoms with van der Waals surface area (Å²) in [5.74, 6) is -0.183. The van der Waals surface area contributed by atoms with E-state index in [2.05, 4.69) is 4.72 Å². The summed E-state index contributed by atoms with van der Waals surface area (Å²) in [7, 11) is -3.77. The molecule has 3 rings (SSSR count). The summed E-state index contributed by atoms with van der Waals surface area (Å²) >= 11 is 2.53. The molecule has 3 aromatic rings. The molecule has 0 radical (unpaired) electrons. The third kappa shape index (κ3) is 5.09. The fraction of sp³-hybridized carbons (Fsp3) is 0.100. The van der Waals surface area contributed by atoms with Crippen LogP contribution in [0.1, 0.15) is 17.3 Å². The Bertz CT molecular complexity index is 1070. The van der Waals surface area contributed by atoms with E-state index >= 15 is 0 Å². The van der Waals surface area contributed by atoms with E-state index in [0.717, 1.165) is 22.9 Å². The van der Waals surface area contributed by atoms with Gasteiger partial charge < -0.3 is 0 Å². The number of hydrogen-bond donors (Lipinski definition) is 1. The Labute approximate surface area is 171 Å². The average molecular weight is 432 g/mol. The van der Waals surface area contributed by atoms with Gasteiger partial charge in [-0.3, -0.25) is 14.3 Å². The van der Waals surface area contributed by atoms with Gasteiger partial charge in [-0.25, -0.2) is 8.42 Å². The van der Waals surface area contributed by atoms with Crippen LogP contribution in [-0.2, 0) is 14.8 Å². The summed E-state index contributed by atoms with van der Waals surface area (Å²) in [6.07, 6.45) is 0. The van der Waals surface area contributed by atoms with Gasteiger partial charge in [0.05, 0.1) is 10.6 Å². The Morgan fingerprint density at radius 2 is 1.64 bits per heavy atom. The van der Waals surface area contributed by atoms with Crippen molar-refractivity contribution in [1.29, 1.82) is 0 Å². The first-order valence-electron chi connectivity index (χ1n) is 8.27. The van der Waals surface area contributed by atoms with Gasteiger partial charge in [0.1, 0.15) is 0 Å². The van der Waals surface area contributed by atoms with E-state index in [1.54, 1.807) is 23.5 Å². The Morgan fingerprint density at radius 1 is 0.964 bits per heavy atom. The van der Waals surface area contributed by atoms with Gasteiger partial charge in [0.2, 0.25) is 0 Å². The second-order valence-corrected chi connectivity index (χ2v) is 9.54. The highest BCUT2D eigenvalue weighted by Gasteiger charge is 2.16. The summed E-state index contributed by atoms with van der Waals surface area (Å²) in [6, 6.07) is 14.8. The minimum absolute atomic E-state index is 0.0379. The Hall–Kier alpha value is -2.42. The molecule has 0 spiro atoms. The number of thiophene rings is 1. The van der Waals surface area contributed by atoms with Crippen molar-refractivity contribution < 1.29 is 18.0 Å². The lowest BCUT2D eigenvalue weighted by atomic mass is 10.1. The number of thioether (sulfide) groups is 1. The standard InChI is InChI=1S/C20H17NO4S3/c1-14(22)27-13-20(23)16-4-8-19(9-5-16)28(24,25)21-18-6-2-15(3-7-18)17-10-11-26-12-17/h2-12,21H,13H2,1H3. The molecule has 5 nitrogen and oxygen atoms in total. The molecule has 144 valence electrons. The number of Topliss-reactive ketones (excluding diaryl/α,β-unsaturated/α-hetero) is 1. The van der Waals surface area contributed by atoms with Gasteiger partial charge in [-0.05, 0) is 52.2 Å². The summed E-state index contributed by atoms with van der Waals surface area (Å²) in [5.41, 5.74) is 2.92. The molecule has 2 aromatic carbocycles. The average Bonchev–Trinajstić information content (AvgIpc) is 3.21. The fourth-order valence-electron chi connectivity index (χ4n) is 2.44. The van der Waals surface area contributed by atoms with Crippen LogP contribution in [0.4, 0.5) is 5.69 Å². The predicted molar refractivity (Wildman–Crippen MR) is 114 cm³/mol. The lowest BCUT2D eigenvalue weighted by molar-refractivity contribution is -0.109. The molecule has 0 unspecified atom stereocenters. The van der Waals surface area contributed by atoms with Crippen LogP contribution < -0.4 is 4.72 Å². The number of ketones is 1. The molecule has 1 heterocycles. The number of benzene rings is 2. The number of anilines is 1. The molecule has 1 N–H and O–H groups in total. The molecule has 0 fully saturated rings. The minimum Gasteiger partial charge on any atom is -0.293 e. The molecular formula is C20H17NO4S3. The molecule has 0 saturated heterocycles. The smallest absolute Gasteiger partial charge is 0.261 e. The molecule has 0 bridgehead atoms. The molecule has 0 aliphatic heterocycles. The monoisotopic (exact) mass is 431 g/mol. The predicted octanol–water partition coefficient (Wildman–Crippen LogP) is 4.68. The maximum atomic E-state index is 12.6. The van der Waals surface area contributed by atoms with Crippen LogP contribution in [0.25, 0.3) is 11.1 Å². The van der Waals surface area contributed by atoms with Gasteiger partial charge in [0.15, 0.2) is 10.9 Å². The summed E-state index contributed by atoms with van der Waals surface area (Å²) < 4.78 is 27.7. The third-order valence-electron chi connectivity index (χ3n) is 3.88. The normalized spacial score (nSPS) is 11.2. The SMILES string of the molecule is CC(=O)SCC(=O)c1ccc(S(=O)(=O)Nc2ccc(-c3ccsc3)cc2)cc1. The van der Waals surface area contributed by atoms with E-state index < -0.39 is 10.0 Å². The van der Waals surface area contributed by atoms with E-state index in [0.29, 0.717) is 11.3 Å². The van der Waals surface area contributed by atoms with Crippen LogP contribution in [-0.4, -0.2) is 25.1 Å². The van der Waals surface area contributed by atoms with E-state index in [9.17, 15) is 18.0 Å². The fourth-order valence-corrected chi connectivity index (χ4v) is 4.67. The van der Waals surface area contributed by atoms with Crippen molar-refractivity contribution in [3.8, 4) is 11.1 Å². The van der Waals surface area contributed by atoms with Crippen molar-refractivity contribution in [2.75, 3.05) is 10.5 Å². The molecule has 0 saturated carbocycles. The quantitative estimate of drug-likeness (QED) is 0.550. The first-order valence-corrected chi connectivity index (χ1v) is 11.7. The minimum atomic E-state index is -3.77. The molecule has 0 atom stereocenters. The number of sulfonamides is 1. The van der Waals surface area contributed by atoms with Gasteiger partial charge in [0.25, 0.3) is 10.0 Å². The third-order valence-corrected chi connectivity index (χ3v) is 6.78. The van der Waals surface area contributed by atoms with Crippen molar-refractivity contribution in [1.82, 2.24) is 0 Å². The zero-order valence-corrected chi connectivity index (χ0v) is 17.4. The Kier molecular flexibility index (Phi) is 6.33. The van der Waals surface area contributed by atoms with Crippen molar-refractivity contribution >= 4 is 49.7 Å². The first kappa shape index (κ1) is 20.3. The van der Waals surface area contributed by atoms with E-state index in [4.69, 9.17) is 0 Å². The number of rotatable bonds is 7. The molecule has 0 aliphatic rings. The molecule has 28 heavy (non-hydrogen) atoms. The second-order valence-electron chi connectivity index (χ2n) is 5.92. The van der Waals surface area contributed by atoms with Crippen LogP contribution in [0.3, 0.4) is 0 Å². The van der Waals surface area contributed by atoms with E-state index in [1.807, 2.05) is 29.0 Å². The topological polar surface area (TPSA) is 80.3 Å². The van der Waals surface area contributed by atoms with Gasteiger partial charge in [-0.15, -0.1) is 0 Å². The maximum absolute atomic E-state index is 12.6. The van der Waals surface area contributed by atoms with Gasteiger partial charge >= 0.3 is 0 Å². The lowest BCUT2D eigenvalue weighted by Gasteiger charge is -2.09. The number of carbonyl (C=O) groups is 2. The number of carbonyl (C=O) groups excluding carboxylic acids is 2. The van der Waals surface area contributed by atoms with Gasteiger partial charge in [-0.2, -0.15) is 11.3 Å². The van der Waals surface area contributed by atoms with Crippen LogP contribution in [0, 0.1) is 0 Å². The highest BCUT2D eigenvalue weighted by Crippen LogP contribution is 2.25. The van der Waals surface area contributed by atoms with E-state index in [1.165, 1.54) is 31.2 Å². The van der Waals surface area contributed by atoms with E-state index in [-0.39, 0.29) is 21.5 Å². The number of nitrogens with one attached hydrogen (secondary N) is 1. The zero-order chi connectivity index (χ0) is 20.1. The van der Waals surface area contributed by atoms with Crippen LogP contribution in [0.2, 0.25) is 0 Å². The van der Waals surface area contributed by atoms with Crippen molar-refractivity contribution in [2.45, 2.75) is 11.8 Å².